The first kappa shape index (κ1) is 14.5. The fourth-order valence-corrected chi connectivity index (χ4v) is 2.20. The van der Waals surface area contributed by atoms with Gasteiger partial charge in [-0.2, -0.15) is 0 Å². The molecule has 20 heavy (non-hydrogen) atoms. The SMILES string of the molecule is CCCOc1cc(N)cc(Nc2c(C)cccc2Cl)c1. The average Bonchev–Trinajstić information content (AvgIpc) is 2.40. The summed E-state index contributed by atoms with van der Waals surface area (Å²) in [6, 6.07) is 11.4. The van der Waals surface area contributed by atoms with E-state index >= 15 is 0 Å². The lowest BCUT2D eigenvalue weighted by molar-refractivity contribution is 0.318. The predicted octanol–water partition coefficient (Wildman–Crippen LogP) is 4.76. The van der Waals surface area contributed by atoms with Gasteiger partial charge in [0.05, 0.1) is 17.3 Å². The maximum atomic E-state index is 6.22. The standard InChI is InChI=1S/C16H19ClN2O/c1-3-7-20-14-9-12(18)8-13(10-14)19-16-11(2)5-4-6-15(16)17/h4-6,8-10,19H,3,7,18H2,1-2H3. The van der Waals surface area contributed by atoms with E-state index in [-0.39, 0.29) is 0 Å². The normalized spacial score (nSPS) is 10.3. The van der Waals surface area contributed by atoms with E-state index in [1.807, 2.05) is 43.3 Å². The van der Waals surface area contributed by atoms with Crippen LogP contribution in [-0.2, 0) is 0 Å². The van der Waals surface area contributed by atoms with Crippen LogP contribution in [-0.4, -0.2) is 6.61 Å². The molecule has 106 valence electrons. The molecule has 0 atom stereocenters. The molecule has 0 heterocycles. The van der Waals surface area contributed by atoms with Gasteiger partial charge in [-0.15, -0.1) is 0 Å². The van der Waals surface area contributed by atoms with Crippen LogP contribution in [0.2, 0.25) is 5.02 Å². The fourth-order valence-electron chi connectivity index (χ4n) is 1.93. The predicted molar refractivity (Wildman–Crippen MR) is 86.1 cm³/mol. The number of nitrogen functional groups attached to an aromatic ring is 1. The number of benzene rings is 2. The summed E-state index contributed by atoms with van der Waals surface area (Å²) in [6.45, 7) is 4.75. The topological polar surface area (TPSA) is 47.3 Å². The van der Waals surface area contributed by atoms with Crippen molar-refractivity contribution in [1.82, 2.24) is 0 Å². The zero-order valence-electron chi connectivity index (χ0n) is 11.7. The quantitative estimate of drug-likeness (QED) is 0.780. The molecule has 0 aliphatic carbocycles. The van der Waals surface area contributed by atoms with Crippen LogP contribution in [0, 0.1) is 6.92 Å². The van der Waals surface area contributed by atoms with Crippen molar-refractivity contribution in [3.05, 3.63) is 47.0 Å². The van der Waals surface area contributed by atoms with Gasteiger partial charge in [-0.05, 0) is 31.0 Å². The van der Waals surface area contributed by atoms with E-state index in [4.69, 9.17) is 22.1 Å². The summed E-state index contributed by atoms with van der Waals surface area (Å²) in [5.41, 5.74) is 9.40. The van der Waals surface area contributed by atoms with Crippen molar-refractivity contribution in [2.75, 3.05) is 17.7 Å². The molecule has 0 fully saturated rings. The summed E-state index contributed by atoms with van der Waals surface area (Å²) in [4.78, 5) is 0. The summed E-state index contributed by atoms with van der Waals surface area (Å²) >= 11 is 6.22. The maximum Gasteiger partial charge on any atom is 0.123 e. The number of ether oxygens (including phenoxy) is 1. The van der Waals surface area contributed by atoms with Gasteiger partial charge in [0, 0.05) is 23.5 Å². The van der Waals surface area contributed by atoms with Crippen molar-refractivity contribution in [2.45, 2.75) is 20.3 Å². The first-order valence-electron chi connectivity index (χ1n) is 6.65. The minimum Gasteiger partial charge on any atom is -0.493 e. The Morgan fingerprint density at radius 3 is 2.75 bits per heavy atom. The number of rotatable bonds is 5. The molecule has 0 amide bonds. The number of anilines is 3. The Bertz CT molecular complexity index is 579. The summed E-state index contributed by atoms with van der Waals surface area (Å²) in [5.74, 6) is 0.763. The van der Waals surface area contributed by atoms with E-state index in [0.29, 0.717) is 17.3 Å². The number of halogens is 1. The lowest BCUT2D eigenvalue weighted by atomic mass is 10.2. The van der Waals surface area contributed by atoms with Gasteiger partial charge in [-0.25, -0.2) is 0 Å². The van der Waals surface area contributed by atoms with Crippen LogP contribution in [0.5, 0.6) is 5.75 Å². The van der Waals surface area contributed by atoms with Crippen molar-refractivity contribution >= 4 is 28.7 Å². The van der Waals surface area contributed by atoms with Crippen LogP contribution in [0.15, 0.2) is 36.4 Å². The van der Waals surface area contributed by atoms with E-state index < -0.39 is 0 Å². The highest BCUT2D eigenvalue weighted by atomic mass is 35.5. The van der Waals surface area contributed by atoms with Gasteiger partial charge in [-0.3, -0.25) is 0 Å². The molecule has 0 bridgehead atoms. The summed E-state index contributed by atoms with van der Waals surface area (Å²) in [6.07, 6.45) is 0.960. The Morgan fingerprint density at radius 2 is 2.05 bits per heavy atom. The second-order valence-corrected chi connectivity index (χ2v) is 5.10. The van der Waals surface area contributed by atoms with Crippen molar-refractivity contribution < 1.29 is 4.74 Å². The molecule has 2 aromatic rings. The molecule has 0 unspecified atom stereocenters. The number of nitrogens with one attached hydrogen (secondary N) is 1. The van der Waals surface area contributed by atoms with E-state index in [0.717, 1.165) is 29.1 Å². The van der Waals surface area contributed by atoms with Crippen LogP contribution in [0.3, 0.4) is 0 Å². The monoisotopic (exact) mass is 290 g/mol. The second kappa shape index (κ2) is 6.53. The van der Waals surface area contributed by atoms with Crippen LogP contribution < -0.4 is 15.8 Å². The number of aryl methyl sites for hydroxylation is 1. The van der Waals surface area contributed by atoms with Gasteiger partial charge in [0.15, 0.2) is 0 Å². The minimum absolute atomic E-state index is 0.658. The summed E-state index contributed by atoms with van der Waals surface area (Å²) < 4.78 is 5.62. The largest absolute Gasteiger partial charge is 0.493 e. The lowest BCUT2D eigenvalue weighted by Crippen LogP contribution is -1.99. The van der Waals surface area contributed by atoms with Crippen LogP contribution >= 0.6 is 11.6 Å². The Morgan fingerprint density at radius 1 is 1.25 bits per heavy atom. The van der Waals surface area contributed by atoms with E-state index in [1.165, 1.54) is 0 Å². The lowest BCUT2D eigenvalue weighted by Gasteiger charge is -2.14. The molecule has 3 nitrogen and oxygen atoms in total. The summed E-state index contributed by atoms with van der Waals surface area (Å²) in [7, 11) is 0. The minimum atomic E-state index is 0.658. The number of para-hydroxylation sites is 1. The number of hydrogen-bond acceptors (Lipinski definition) is 3. The second-order valence-electron chi connectivity index (χ2n) is 4.70. The van der Waals surface area contributed by atoms with Gasteiger partial charge in [0.2, 0.25) is 0 Å². The van der Waals surface area contributed by atoms with Crippen LogP contribution in [0.1, 0.15) is 18.9 Å². The fraction of sp³-hybridized carbons (Fsp3) is 0.250. The molecule has 2 aromatic carbocycles. The molecule has 0 saturated carbocycles. The first-order valence-corrected chi connectivity index (χ1v) is 7.03. The summed E-state index contributed by atoms with van der Waals surface area (Å²) in [5, 5.41) is 3.99. The number of nitrogens with two attached hydrogens (primary N) is 1. The number of hydrogen-bond donors (Lipinski definition) is 2. The van der Waals surface area contributed by atoms with Gasteiger partial charge in [0.25, 0.3) is 0 Å². The van der Waals surface area contributed by atoms with Crippen LogP contribution in [0.25, 0.3) is 0 Å². The first-order chi connectivity index (χ1) is 9.60. The molecule has 0 saturated heterocycles. The molecule has 4 heteroatoms. The van der Waals surface area contributed by atoms with Gasteiger partial charge in [0.1, 0.15) is 5.75 Å². The highest BCUT2D eigenvalue weighted by molar-refractivity contribution is 6.33. The van der Waals surface area contributed by atoms with Crippen molar-refractivity contribution in [2.24, 2.45) is 0 Å². The van der Waals surface area contributed by atoms with Gasteiger partial charge in [-0.1, -0.05) is 30.7 Å². The Labute approximate surface area is 124 Å². The molecule has 0 aliphatic rings. The molecule has 0 radical (unpaired) electrons. The maximum absolute atomic E-state index is 6.22. The van der Waals surface area contributed by atoms with E-state index in [9.17, 15) is 0 Å². The highest BCUT2D eigenvalue weighted by Crippen LogP contribution is 2.31. The third-order valence-corrected chi connectivity index (χ3v) is 3.21. The molecule has 3 N–H and O–H groups in total. The van der Waals surface area contributed by atoms with Crippen molar-refractivity contribution in [1.29, 1.82) is 0 Å². The molecular formula is C16H19ClN2O. The van der Waals surface area contributed by atoms with Crippen LogP contribution in [0.4, 0.5) is 17.1 Å². The molecule has 2 rings (SSSR count). The molecule has 0 spiro atoms. The Balaban J connectivity index is 2.27. The van der Waals surface area contributed by atoms with Gasteiger partial charge >= 0.3 is 0 Å². The van der Waals surface area contributed by atoms with E-state index in [2.05, 4.69) is 12.2 Å². The van der Waals surface area contributed by atoms with Crippen molar-refractivity contribution in [3.8, 4) is 5.75 Å². The smallest absolute Gasteiger partial charge is 0.123 e. The zero-order valence-corrected chi connectivity index (χ0v) is 12.5. The average molecular weight is 291 g/mol. The highest BCUT2D eigenvalue weighted by Gasteiger charge is 2.06. The van der Waals surface area contributed by atoms with Crippen molar-refractivity contribution in [3.63, 3.8) is 0 Å². The third kappa shape index (κ3) is 3.58. The van der Waals surface area contributed by atoms with Gasteiger partial charge < -0.3 is 15.8 Å². The Kier molecular flexibility index (Phi) is 4.74. The molecular weight excluding hydrogens is 272 g/mol. The third-order valence-electron chi connectivity index (χ3n) is 2.89. The van der Waals surface area contributed by atoms with E-state index in [1.54, 1.807) is 0 Å². The zero-order chi connectivity index (χ0) is 14.5. The Hall–Kier alpha value is -1.87. The molecule has 0 aromatic heterocycles. The molecule has 0 aliphatic heterocycles.